The van der Waals surface area contributed by atoms with Gasteiger partial charge in [0.25, 0.3) is 0 Å². The van der Waals surface area contributed by atoms with Gasteiger partial charge >= 0.3 is 5.97 Å². The minimum absolute atomic E-state index is 0.126. The van der Waals surface area contributed by atoms with Crippen LogP contribution in [0, 0.1) is 11.3 Å². The molecule has 3 nitrogen and oxygen atoms in total. The Kier molecular flexibility index (Phi) is 6.31. The van der Waals surface area contributed by atoms with E-state index in [2.05, 4.69) is 26.1 Å². The Balaban J connectivity index is 2.43. The van der Waals surface area contributed by atoms with Gasteiger partial charge in [0, 0.05) is 6.04 Å². The summed E-state index contributed by atoms with van der Waals surface area (Å²) < 4.78 is 5.05. The second-order valence-electron chi connectivity index (χ2n) is 6.91. The third-order valence-corrected chi connectivity index (χ3v) is 4.32. The van der Waals surface area contributed by atoms with Gasteiger partial charge in [-0.1, -0.05) is 27.2 Å². The third kappa shape index (κ3) is 5.52. The molecule has 112 valence electrons. The molecule has 1 saturated carbocycles. The van der Waals surface area contributed by atoms with E-state index >= 15 is 0 Å². The van der Waals surface area contributed by atoms with E-state index in [4.69, 9.17) is 4.74 Å². The zero-order chi connectivity index (χ0) is 14.5. The van der Waals surface area contributed by atoms with E-state index in [9.17, 15) is 4.79 Å². The minimum atomic E-state index is -0.184. The molecule has 1 aliphatic carbocycles. The molecule has 3 unspecified atom stereocenters. The van der Waals surface area contributed by atoms with Gasteiger partial charge in [-0.05, 0) is 50.9 Å². The highest BCUT2D eigenvalue weighted by Gasteiger charge is 2.28. The van der Waals surface area contributed by atoms with Crippen LogP contribution in [0.25, 0.3) is 0 Å². The van der Waals surface area contributed by atoms with Crippen molar-refractivity contribution in [1.29, 1.82) is 0 Å². The average molecular weight is 269 g/mol. The Morgan fingerprint density at radius 3 is 2.53 bits per heavy atom. The molecule has 1 N–H and O–H groups in total. The topological polar surface area (TPSA) is 38.3 Å². The van der Waals surface area contributed by atoms with Crippen molar-refractivity contribution in [3.63, 3.8) is 0 Å². The smallest absolute Gasteiger partial charge is 0.322 e. The van der Waals surface area contributed by atoms with Crippen LogP contribution in [0.1, 0.15) is 66.7 Å². The fourth-order valence-corrected chi connectivity index (χ4v) is 3.02. The predicted molar refractivity (Wildman–Crippen MR) is 79.0 cm³/mol. The molecule has 0 aromatic carbocycles. The van der Waals surface area contributed by atoms with Crippen LogP contribution in [0.15, 0.2) is 0 Å². The van der Waals surface area contributed by atoms with Gasteiger partial charge in [0.2, 0.25) is 0 Å². The minimum Gasteiger partial charge on any atom is -0.465 e. The zero-order valence-corrected chi connectivity index (χ0v) is 13.3. The van der Waals surface area contributed by atoms with Crippen molar-refractivity contribution in [3.05, 3.63) is 0 Å². The summed E-state index contributed by atoms with van der Waals surface area (Å²) in [6, 6.07) is 0.280. The highest BCUT2D eigenvalue weighted by Crippen LogP contribution is 2.36. The Bertz CT molecular complexity index is 283. The van der Waals surface area contributed by atoms with Gasteiger partial charge in [0.15, 0.2) is 0 Å². The van der Waals surface area contributed by atoms with Gasteiger partial charge in [-0.15, -0.1) is 0 Å². The second kappa shape index (κ2) is 7.28. The van der Waals surface area contributed by atoms with E-state index in [1.54, 1.807) is 0 Å². The van der Waals surface area contributed by atoms with Crippen molar-refractivity contribution in [2.75, 3.05) is 6.61 Å². The average Bonchev–Trinajstić information content (AvgIpc) is 2.54. The molecule has 3 heteroatoms. The predicted octanol–water partition coefficient (Wildman–Crippen LogP) is 3.52. The van der Waals surface area contributed by atoms with Gasteiger partial charge in [0.05, 0.1) is 6.61 Å². The molecule has 0 aromatic heterocycles. The number of hydrogen-bond donors (Lipinski definition) is 1. The summed E-state index contributed by atoms with van der Waals surface area (Å²) >= 11 is 0. The quantitative estimate of drug-likeness (QED) is 0.627. The van der Waals surface area contributed by atoms with Gasteiger partial charge in [0.1, 0.15) is 6.04 Å². The maximum atomic E-state index is 11.6. The van der Waals surface area contributed by atoms with Crippen molar-refractivity contribution in [3.8, 4) is 0 Å². The highest BCUT2D eigenvalue weighted by atomic mass is 16.5. The van der Waals surface area contributed by atoms with E-state index in [-0.39, 0.29) is 12.0 Å². The first-order chi connectivity index (χ1) is 8.84. The van der Waals surface area contributed by atoms with Crippen molar-refractivity contribution >= 4 is 5.97 Å². The molecule has 0 amide bonds. The molecule has 1 fully saturated rings. The van der Waals surface area contributed by atoms with Crippen LogP contribution in [-0.4, -0.2) is 24.7 Å². The number of hydrogen-bond acceptors (Lipinski definition) is 3. The summed E-state index contributed by atoms with van der Waals surface area (Å²) in [5.41, 5.74) is 0.404. The molecule has 0 spiro atoms. The number of ether oxygens (including phenoxy) is 1. The van der Waals surface area contributed by atoms with Crippen LogP contribution in [0.2, 0.25) is 0 Å². The molecule has 0 saturated heterocycles. The Labute approximate surface area is 118 Å². The van der Waals surface area contributed by atoms with Crippen molar-refractivity contribution in [2.24, 2.45) is 11.3 Å². The lowest BCUT2D eigenvalue weighted by atomic mass is 9.76. The largest absolute Gasteiger partial charge is 0.465 e. The summed E-state index contributed by atoms with van der Waals surface area (Å²) in [5, 5.41) is 3.44. The number of nitrogens with one attached hydrogen (secondary N) is 1. The summed E-state index contributed by atoms with van der Waals surface area (Å²) in [6.45, 7) is 11.2. The van der Waals surface area contributed by atoms with Crippen molar-refractivity contribution in [2.45, 2.75) is 78.8 Å². The van der Waals surface area contributed by atoms with E-state index < -0.39 is 0 Å². The Morgan fingerprint density at radius 1 is 1.26 bits per heavy atom. The molecule has 0 bridgehead atoms. The summed E-state index contributed by atoms with van der Waals surface area (Å²) in [4.78, 5) is 11.6. The SMILES string of the molecule is CCOC(=O)C(C)NC1CCCC(C(C)(C)C)CC1. The van der Waals surface area contributed by atoms with Crippen LogP contribution in [0.3, 0.4) is 0 Å². The number of carbonyl (C=O) groups is 1. The maximum Gasteiger partial charge on any atom is 0.322 e. The van der Waals surface area contributed by atoms with E-state index in [1.807, 2.05) is 13.8 Å². The molecule has 0 heterocycles. The molecule has 0 aliphatic heterocycles. The maximum absolute atomic E-state index is 11.6. The number of esters is 1. The Morgan fingerprint density at radius 2 is 1.95 bits per heavy atom. The lowest BCUT2D eigenvalue weighted by Gasteiger charge is -2.30. The molecule has 0 aromatic rings. The fourth-order valence-electron chi connectivity index (χ4n) is 3.02. The van der Waals surface area contributed by atoms with Gasteiger partial charge < -0.3 is 10.1 Å². The van der Waals surface area contributed by atoms with Crippen LogP contribution in [0.4, 0.5) is 0 Å². The highest BCUT2D eigenvalue weighted by molar-refractivity contribution is 5.75. The van der Waals surface area contributed by atoms with E-state index in [0.717, 1.165) is 5.92 Å². The van der Waals surface area contributed by atoms with E-state index in [0.29, 0.717) is 18.1 Å². The summed E-state index contributed by atoms with van der Waals surface area (Å²) in [7, 11) is 0. The first-order valence-corrected chi connectivity index (χ1v) is 7.77. The number of carbonyl (C=O) groups excluding carboxylic acids is 1. The first-order valence-electron chi connectivity index (χ1n) is 7.77. The van der Waals surface area contributed by atoms with E-state index in [1.165, 1.54) is 32.1 Å². The van der Waals surface area contributed by atoms with Crippen LogP contribution >= 0.6 is 0 Å². The summed E-state index contributed by atoms with van der Waals surface area (Å²) in [6.07, 6.45) is 6.18. The molecule has 3 atom stereocenters. The van der Waals surface area contributed by atoms with Crippen LogP contribution in [0.5, 0.6) is 0 Å². The Hall–Kier alpha value is -0.570. The van der Waals surface area contributed by atoms with Gasteiger partial charge in [-0.2, -0.15) is 0 Å². The second-order valence-corrected chi connectivity index (χ2v) is 6.91. The molecule has 0 radical (unpaired) electrons. The standard InChI is InChI=1S/C16H31NO2/c1-6-19-15(18)12(2)17-14-9-7-8-13(10-11-14)16(3,4)5/h12-14,17H,6-11H2,1-5H3. The zero-order valence-electron chi connectivity index (χ0n) is 13.3. The third-order valence-electron chi connectivity index (χ3n) is 4.32. The fraction of sp³-hybridized carbons (Fsp3) is 0.938. The van der Waals surface area contributed by atoms with Gasteiger partial charge in [-0.25, -0.2) is 0 Å². The molecular weight excluding hydrogens is 238 g/mol. The normalized spacial score (nSPS) is 26.6. The molecule has 19 heavy (non-hydrogen) atoms. The van der Waals surface area contributed by atoms with Crippen molar-refractivity contribution < 1.29 is 9.53 Å². The lowest BCUT2D eigenvalue weighted by Crippen LogP contribution is -2.42. The van der Waals surface area contributed by atoms with Gasteiger partial charge in [-0.3, -0.25) is 4.79 Å². The molecular formula is C16H31NO2. The number of rotatable bonds is 4. The molecule has 1 rings (SSSR count). The lowest BCUT2D eigenvalue weighted by molar-refractivity contribution is -0.145. The van der Waals surface area contributed by atoms with Crippen LogP contribution < -0.4 is 5.32 Å². The van der Waals surface area contributed by atoms with Crippen molar-refractivity contribution in [1.82, 2.24) is 5.32 Å². The van der Waals surface area contributed by atoms with Crippen LogP contribution in [-0.2, 0) is 9.53 Å². The first kappa shape index (κ1) is 16.5. The molecule has 1 aliphatic rings. The summed E-state index contributed by atoms with van der Waals surface area (Å²) in [5.74, 6) is 0.677. The monoisotopic (exact) mass is 269 g/mol.